The fourth-order valence-electron chi connectivity index (χ4n) is 1.82. The van der Waals surface area contributed by atoms with E-state index in [0.29, 0.717) is 6.10 Å². The fourth-order valence-corrected chi connectivity index (χ4v) is 1.82. The molecule has 4 heteroatoms. The van der Waals surface area contributed by atoms with Crippen LogP contribution in [0.15, 0.2) is 0 Å². The number of nitrogens with zero attached hydrogens (tertiary/aromatic N) is 1. The Hall–Kier alpha value is -0.610. The second-order valence-corrected chi connectivity index (χ2v) is 3.70. The molecule has 0 amide bonds. The van der Waals surface area contributed by atoms with Crippen molar-refractivity contribution >= 4 is 5.97 Å². The fraction of sp³-hybridized carbons (Fsp3) is 0.900. The number of carboxylic acids is 1. The van der Waals surface area contributed by atoms with Crippen molar-refractivity contribution in [2.45, 2.75) is 38.8 Å². The highest BCUT2D eigenvalue weighted by Gasteiger charge is 2.26. The monoisotopic (exact) mass is 201 g/mol. The number of carboxylic acid groups (broad SMARTS) is 1. The van der Waals surface area contributed by atoms with E-state index in [9.17, 15) is 4.79 Å². The third-order valence-corrected chi connectivity index (χ3v) is 2.78. The average Bonchev–Trinajstić information content (AvgIpc) is 2.18. The van der Waals surface area contributed by atoms with Crippen molar-refractivity contribution in [2.24, 2.45) is 0 Å². The smallest absolute Gasteiger partial charge is 0.320 e. The summed E-state index contributed by atoms with van der Waals surface area (Å²) in [4.78, 5) is 12.7. The van der Waals surface area contributed by atoms with Gasteiger partial charge < -0.3 is 9.84 Å². The van der Waals surface area contributed by atoms with E-state index in [2.05, 4.69) is 0 Å². The lowest BCUT2D eigenvalue weighted by molar-refractivity contribution is -0.143. The molecule has 0 saturated carbocycles. The van der Waals surface area contributed by atoms with Gasteiger partial charge in [0.05, 0.1) is 6.10 Å². The zero-order valence-electron chi connectivity index (χ0n) is 8.90. The van der Waals surface area contributed by atoms with Crippen LogP contribution in [0, 0.1) is 0 Å². The van der Waals surface area contributed by atoms with Gasteiger partial charge in [-0.05, 0) is 26.7 Å². The Balaban J connectivity index is 2.31. The number of rotatable bonds is 4. The van der Waals surface area contributed by atoms with Gasteiger partial charge in [0.15, 0.2) is 0 Å². The molecule has 82 valence electrons. The summed E-state index contributed by atoms with van der Waals surface area (Å²) < 4.78 is 5.50. The zero-order chi connectivity index (χ0) is 10.6. The van der Waals surface area contributed by atoms with E-state index >= 15 is 0 Å². The first kappa shape index (κ1) is 11.5. The van der Waals surface area contributed by atoms with Crippen LogP contribution in [0.25, 0.3) is 0 Å². The van der Waals surface area contributed by atoms with Crippen LogP contribution >= 0.6 is 0 Å². The van der Waals surface area contributed by atoms with Crippen molar-refractivity contribution in [3.05, 3.63) is 0 Å². The lowest BCUT2D eigenvalue weighted by Gasteiger charge is -2.33. The van der Waals surface area contributed by atoms with Crippen LogP contribution in [0.2, 0.25) is 0 Å². The number of hydrogen-bond acceptors (Lipinski definition) is 3. The summed E-state index contributed by atoms with van der Waals surface area (Å²) in [5.74, 6) is -0.736. The summed E-state index contributed by atoms with van der Waals surface area (Å²) in [6.45, 7) is 6.14. The Kier molecular flexibility index (Phi) is 4.35. The van der Waals surface area contributed by atoms with Crippen molar-refractivity contribution in [3.8, 4) is 0 Å². The summed E-state index contributed by atoms with van der Waals surface area (Å²) >= 11 is 0. The molecule has 1 saturated heterocycles. The van der Waals surface area contributed by atoms with Gasteiger partial charge in [-0.3, -0.25) is 9.69 Å². The minimum absolute atomic E-state index is 0.331. The third-order valence-electron chi connectivity index (χ3n) is 2.78. The predicted molar refractivity (Wildman–Crippen MR) is 53.3 cm³/mol. The molecule has 0 radical (unpaired) electrons. The van der Waals surface area contributed by atoms with Crippen LogP contribution in [-0.2, 0) is 9.53 Å². The molecule has 0 aromatic heterocycles. The summed E-state index contributed by atoms with van der Waals surface area (Å²) in [7, 11) is 0. The third kappa shape index (κ3) is 2.96. The van der Waals surface area contributed by atoms with Crippen LogP contribution < -0.4 is 0 Å². The molecule has 1 unspecified atom stereocenters. The molecule has 1 aliphatic heterocycles. The van der Waals surface area contributed by atoms with E-state index in [-0.39, 0.29) is 6.04 Å². The first-order chi connectivity index (χ1) is 6.65. The molecule has 0 spiro atoms. The largest absolute Gasteiger partial charge is 0.480 e. The molecule has 1 heterocycles. The van der Waals surface area contributed by atoms with Gasteiger partial charge in [0.2, 0.25) is 0 Å². The maximum Gasteiger partial charge on any atom is 0.320 e. The van der Waals surface area contributed by atoms with Gasteiger partial charge in [0, 0.05) is 19.7 Å². The molecule has 0 aromatic carbocycles. The molecule has 1 aliphatic rings. The number of likely N-dealkylation sites (tertiary alicyclic amines) is 1. The molecule has 4 nitrogen and oxygen atoms in total. The average molecular weight is 201 g/mol. The quantitative estimate of drug-likeness (QED) is 0.736. The van der Waals surface area contributed by atoms with E-state index < -0.39 is 5.97 Å². The number of carbonyl (C=O) groups is 1. The van der Waals surface area contributed by atoms with Crippen molar-refractivity contribution in [3.63, 3.8) is 0 Å². The molecule has 0 bridgehead atoms. The molecule has 1 atom stereocenters. The number of aliphatic carboxylic acids is 1. The van der Waals surface area contributed by atoms with Crippen molar-refractivity contribution in [1.29, 1.82) is 0 Å². The zero-order valence-corrected chi connectivity index (χ0v) is 8.90. The summed E-state index contributed by atoms with van der Waals surface area (Å²) in [6, 6.07) is -0.363. The van der Waals surface area contributed by atoms with E-state index in [1.54, 1.807) is 6.92 Å². The van der Waals surface area contributed by atoms with Crippen molar-refractivity contribution in [2.75, 3.05) is 19.7 Å². The van der Waals surface area contributed by atoms with Crippen LogP contribution in [0.5, 0.6) is 0 Å². The van der Waals surface area contributed by atoms with E-state index in [4.69, 9.17) is 9.84 Å². The van der Waals surface area contributed by atoms with E-state index in [1.807, 2.05) is 11.8 Å². The molecule has 1 rings (SSSR count). The molecular weight excluding hydrogens is 182 g/mol. The number of piperidine rings is 1. The topological polar surface area (TPSA) is 49.8 Å². The lowest BCUT2D eigenvalue weighted by Crippen LogP contribution is -2.45. The molecule has 0 aromatic rings. The standard InChI is InChI=1S/C10H19NO3/c1-3-14-9-4-6-11(7-5-9)8(2)10(12)13/h8-9H,3-7H2,1-2H3,(H,12,13). The van der Waals surface area contributed by atoms with Crippen LogP contribution in [0.1, 0.15) is 26.7 Å². The second kappa shape index (κ2) is 5.32. The Morgan fingerprint density at radius 2 is 2.14 bits per heavy atom. The summed E-state index contributed by atoms with van der Waals surface area (Å²) in [5, 5.41) is 8.83. The highest BCUT2D eigenvalue weighted by Crippen LogP contribution is 2.15. The minimum Gasteiger partial charge on any atom is -0.480 e. The van der Waals surface area contributed by atoms with Crippen molar-refractivity contribution in [1.82, 2.24) is 4.90 Å². The van der Waals surface area contributed by atoms with Crippen LogP contribution in [0.3, 0.4) is 0 Å². The first-order valence-electron chi connectivity index (χ1n) is 5.23. The summed E-state index contributed by atoms with van der Waals surface area (Å²) in [6.07, 6.45) is 2.23. The van der Waals surface area contributed by atoms with Gasteiger partial charge in [-0.15, -0.1) is 0 Å². The maximum atomic E-state index is 10.7. The Morgan fingerprint density at radius 1 is 1.57 bits per heavy atom. The van der Waals surface area contributed by atoms with Gasteiger partial charge in [0.25, 0.3) is 0 Å². The SMILES string of the molecule is CCOC1CCN(C(C)C(=O)O)CC1. The minimum atomic E-state index is -0.736. The normalized spacial score (nSPS) is 22.1. The lowest BCUT2D eigenvalue weighted by atomic mass is 10.1. The van der Waals surface area contributed by atoms with Gasteiger partial charge in [0.1, 0.15) is 6.04 Å². The molecular formula is C10H19NO3. The van der Waals surface area contributed by atoms with Crippen LogP contribution in [-0.4, -0.2) is 47.8 Å². The molecule has 14 heavy (non-hydrogen) atoms. The van der Waals surface area contributed by atoms with E-state index in [1.165, 1.54) is 0 Å². The van der Waals surface area contributed by atoms with Gasteiger partial charge >= 0.3 is 5.97 Å². The molecule has 0 aliphatic carbocycles. The first-order valence-corrected chi connectivity index (χ1v) is 5.23. The van der Waals surface area contributed by atoms with Crippen LogP contribution in [0.4, 0.5) is 0 Å². The highest BCUT2D eigenvalue weighted by atomic mass is 16.5. The van der Waals surface area contributed by atoms with Gasteiger partial charge in [-0.25, -0.2) is 0 Å². The Labute approximate surface area is 84.8 Å². The summed E-state index contributed by atoms with van der Waals surface area (Å²) in [5.41, 5.74) is 0. The predicted octanol–water partition coefficient (Wildman–Crippen LogP) is 0.960. The Morgan fingerprint density at radius 3 is 2.57 bits per heavy atom. The number of hydrogen-bond donors (Lipinski definition) is 1. The van der Waals surface area contributed by atoms with Gasteiger partial charge in [-0.1, -0.05) is 0 Å². The van der Waals surface area contributed by atoms with Gasteiger partial charge in [-0.2, -0.15) is 0 Å². The highest BCUT2D eigenvalue weighted by molar-refractivity contribution is 5.72. The molecule has 1 fully saturated rings. The van der Waals surface area contributed by atoms with Crippen molar-refractivity contribution < 1.29 is 14.6 Å². The number of ether oxygens (including phenoxy) is 1. The maximum absolute atomic E-state index is 10.7. The Bertz CT molecular complexity index is 188. The van der Waals surface area contributed by atoms with E-state index in [0.717, 1.165) is 32.5 Å². The molecule has 1 N–H and O–H groups in total. The second-order valence-electron chi connectivity index (χ2n) is 3.70.